The molecule has 0 bridgehead atoms. The minimum Gasteiger partial charge on any atom is -0.454 e. The van der Waals surface area contributed by atoms with Gasteiger partial charge in [0, 0.05) is 12.5 Å². The molecule has 1 unspecified atom stereocenters. The average molecular weight is 287 g/mol. The maximum atomic E-state index is 10.8. The van der Waals surface area contributed by atoms with Crippen molar-refractivity contribution >= 4 is 21.8 Å². The second-order valence-electron chi connectivity index (χ2n) is 3.51. The lowest BCUT2D eigenvalue weighted by Crippen LogP contribution is -2.20. The highest BCUT2D eigenvalue weighted by Crippen LogP contribution is 2.41. The van der Waals surface area contributed by atoms with Crippen LogP contribution in [0.5, 0.6) is 11.5 Å². The molecule has 0 saturated heterocycles. The van der Waals surface area contributed by atoms with Crippen LogP contribution in [0.2, 0.25) is 0 Å². The molecule has 1 amide bonds. The summed E-state index contributed by atoms with van der Waals surface area (Å²) in [6.07, 6.45) is 0.103. The maximum Gasteiger partial charge on any atom is 0.231 e. The summed E-state index contributed by atoms with van der Waals surface area (Å²) >= 11 is 3.36. The highest BCUT2D eigenvalue weighted by atomic mass is 79.9. The molecular weight excluding hydrogens is 276 g/mol. The summed E-state index contributed by atoms with van der Waals surface area (Å²) in [5.74, 6) is 0.862. The van der Waals surface area contributed by atoms with Gasteiger partial charge >= 0.3 is 0 Å². The molecule has 0 aliphatic carbocycles. The van der Waals surface area contributed by atoms with Crippen molar-refractivity contribution in [2.24, 2.45) is 11.5 Å². The second kappa shape index (κ2) is 4.31. The molecule has 1 aromatic carbocycles. The van der Waals surface area contributed by atoms with Crippen molar-refractivity contribution in [3.8, 4) is 11.5 Å². The van der Waals surface area contributed by atoms with Crippen molar-refractivity contribution in [2.45, 2.75) is 12.5 Å². The summed E-state index contributed by atoms with van der Waals surface area (Å²) < 4.78 is 11.3. The van der Waals surface area contributed by atoms with Crippen LogP contribution in [0, 0.1) is 0 Å². The molecule has 0 saturated carbocycles. The summed E-state index contributed by atoms with van der Waals surface area (Å²) in [4.78, 5) is 10.8. The zero-order chi connectivity index (χ0) is 11.7. The van der Waals surface area contributed by atoms with Crippen LogP contribution in [0.25, 0.3) is 0 Å². The fourth-order valence-electron chi connectivity index (χ4n) is 1.54. The molecular formula is C10H11BrN2O3. The van der Waals surface area contributed by atoms with Crippen molar-refractivity contribution in [1.29, 1.82) is 0 Å². The largest absolute Gasteiger partial charge is 0.454 e. The van der Waals surface area contributed by atoms with E-state index in [9.17, 15) is 4.79 Å². The highest BCUT2D eigenvalue weighted by molar-refractivity contribution is 9.10. The van der Waals surface area contributed by atoms with Crippen molar-refractivity contribution in [2.75, 3.05) is 6.79 Å². The number of benzene rings is 1. The molecule has 0 fully saturated rings. The minimum atomic E-state index is -0.429. The van der Waals surface area contributed by atoms with E-state index in [1.165, 1.54) is 0 Å². The van der Waals surface area contributed by atoms with Crippen molar-refractivity contribution in [3.63, 3.8) is 0 Å². The summed E-state index contributed by atoms with van der Waals surface area (Å²) in [6.45, 7) is 0.197. The molecule has 0 radical (unpaired) electrons. The fourth-order valence-corrected chi connectivity index (χ4v) is 2.11. The SMILES string of the molecule is NC(=O)CC(N)c1cc(Br)c2c(c1)OCO2. The van der Waals surface area contributed by atoms with Crippen LogP contribution < -0.4 is 20.9 Å². The van der Waals surface area contributed by atoms with E-state index >= 15 is 0 Å². The molecule has 6 heteroatoms. The predicted molar refractivity (Wildman–Crippen MR) is 61.0 cm³/mol. The third-order valence-corrected chi connectivity index (χ3v) is 2.89. The number of primary amides is 1. The fraction of sp³-hybridized carbons (Fsp3) is 0.300. The number of halogens is 1. The van der Waals surface area contributed by atoms with Crippen LogP contribution >= 0.6 is 15.9 Å². The van der Waals surface area contributed by atoms with Crippen molar-refractivity contribution in [1.82, 2.24) is 0 Å². The van der Waals surface area contributed by atoms with Crippen LogP contribution in [-0.4, -0.2) is 12.7 Å². The smallest absolute Gasteiger partial charge is 0.231 e. The number of rotatable bonds is 3. The van der Waals surface area contributed by atoms with Gasteiger partial charge in [-0.3, -0.25) is 4.79 Å². The summed E-state index contributed by atoms with van der Waals surface area (Å²) in [5, 5.41) is 0. The van der Waals surface area contributed by atoms with E-state index in [0.717, 1.165) is 10.0 Å². The third kappa shape index (κ3) is 2.12. The molecule has 1 heterocycles. The Bertz CT molecular complexity index is 436. The Morgan fingerprint density at radius 1 is 1.50 bits per heavy atom. The first-order chi connectivity index (χ1) is 7.58. The van der Waals surface area contributed by atoms with E-state index in [1.54, 1.807) is 12.1 Å². The quantitative estimate of drug-likeness (QED) is 0.870. The van der Waals surface area contributed by atoms with Crippen LogP contribution in [0.3, 0.4) is 0 Å². The van der Waals surface area contributed by atoms with E-state index in [0.29, 0.717) is 11.5 Å². The number of nitrogens with two attached hydrogens (primary N) is 2. The lowest BCUT2D eigenvalue weighted by atomic mass is 10.0. The first-order valence-electron chi connectivity index (χ1n) is 4.71. The lowest BCUT2D eigenvalue weighted by Gasteiger charge is -2.11. The molecule has 16 heavy (non-hydrogen) atoms. The minimum absolute atomic E-state index is 0.103. The summed E-state index contributed by atoms with van der Waals surface area (Å²) in [7, 11) is 0. The molecule has 1 aliphatic rings. The number of carbonyl (C=O) groups excluding carboxylic acids is 1. The van der Waals surface area contributed by atoms with E-state index in [2.05, 4.69) is 15.9 Å². The van der Waals surface area contributed by atoms with Gasteiger partial charge in [-0.1, -0.05) is 0 Å². The Balaban J connectivity index is 2.29. The Labute approximate surface area is 101 Å². The standard InChI is InChI=1S/C10H11BrN2O3/c11-6-1-5(7(12)3-9(13)14)2-8-10(6)16-4-15-8/h1-2,7H,3-4,12H2,(H2,13,14). The van der Waals surface area contributed by atoms with Gasteiger partial charge in [0.05, 0.1) is 4.47 Å². The Hall–Kier alpha value is -1.27. The molecule has 1 aromatic rings. The van der Waals surface area contributed by atoms with E-state index in [4.69, 9.17) is 20.9 Å². The van der Waals surface area contributed by atoms with Crippen molar-refractivity contribution < 1.29 is 14.3 Å². The summed E-state index contributed by atoms with van der Waals surface area (Å²) in [5.41, 5.74) is 11.7. The van der Waals surface area contributed by atoms with Gasteiger partial charge in [-0.15, -0.1) is 0 Å². The second-order valence-corrected chi connectivity index (χ2v) is 4.37. The molecule has 86 valence electrons. The lowest BCUT2D eigenvalue weighted by molar-refractivity contribution is -0.118. The Morgan fingerprint density at radius 2 is 2.25 bits per heavy atom. The first-order valence-corrected chi connectivity index (χ1v) is 5.50. The Morgan fingerprint density at radius 3 is 2.94 bits per heavy atom. The number of amides is 1. The van der Waals surface area contributed by atoms with Gasteiger partial charge in [-0.2, -0.15) is 0 Å². The van der Waals surface area contributed by atoms with Gasteiger partial charge in [0.15, 0.2) is 11.5 Å². The van der Waals surface area contributed by atoms with Crippen LogP contribution in [0.15, 0.2) is 16.6 Å². The van der Waals surface area contributed by atoms with Crippen LogP contribution in [0.4, 0.5) is 0 Å². The average Bonchev–Trinajstić information content (AvgIpc) is 2.64. The number of fused-ring (bicyclic) bond motifs is 1. The van der Waals surface area contributed by atoms with Gasteiger partial charge < -0.3 is 20.9 Å². The molecule has 0 spiro atoms. The van der Waals surface area contributed by atoms with Gasteiger partial charge in [0.1, 0.15) is 0 Å². The molecule has 1 atom stereocenters. The van der Waals surface area contributed by atoms with Gasteiger partial charge in [-0.05, 0) is 33.6 Å². The van der Waals surface area contributed by atoms with Crippen LogP contribution in [-0.2, 0) is 4.79 Å². The van der Waals surface area contributed by atoms with Gasteiger partial charge in [0.2, 0.25) is 12.7 Å². The maximum absolute atomic E-state index is 10.8. The van der Waals surface area contributed by atoms with E-state index < -0.39 is 11.9 Å². The topological polar surface area (TPSA) is 87.6 Å². The monoisotopic (exact) mass is 286 g/mol. The van der Waals surface area contributed by atoms with E-state index in [1.807, 2.05) is 0 Å². The number of hydrogen-bond acceptors (Lipinski definition) is 4. The molecule has 5 nitrogen and oxygen atoms in total. The predicted octanol–water partition coefficient (Wildman–Crippen LogP) is 1.05. The number of carbonyl (C=O) groups is 1. The van der Waals surface area contributed by atoms with E-state index in [-0.39, 0.29) is 13.2 Å². The molecule has 2 rings (SSSR count). The molecule has 0 aromatic heterocycles. The number of hydrogen-bond donors (Lipinski definition) is 2. The zero-order valence-electron chi connectivity index (χ0n) is 8.40. The number of ether oxygens (including phenoxy) is 2. The van der Waals surface area contributed by atoms with Gasteiger partial charge in [-0.25, -0.2) is 0 Å². The summed E-state index contributed by atoms with van der Waals surface area (Å²) in [6, 6.07) is 3.14. The third-order valence-electron chi connectivity index (χ3n) is 2.30. The zero-order valence-corrected chi connectivity index (χ0v) is 9.99. The normalized spacial score (nSPS) is 14.9. The Kier molecular flexibility index (Phi) is 3.02. The van der Waals surface area contributed by atoms with Crippen molar-refractivity contribution in [3.05, 3.63) is 22.2 Å². The van der Waals surface area contributed by atoms with Gasteiger partial charge in [0.25, 0.3) is 0 Å². The first kappa shape index (κ1) is 11.2. The molecule has 1 aliphatic heterocycles. The highest BCUT2D eigenvalue weighted by Gasteiger charge is 2.20. The molecule has 4 N–H and O–H groups in total. The van der Waals surface area contributed by atoms with Crippen LogP contribution in [0.1, 0.15) is 18.0 Å².